The van der Waals surface area contributed by atoms with Crippen LogP contribution in [0.15, 0.2) is 26.9 Å². The van der Waals surface area contributed by atoms with Gasteiger partial charge in [0, 0.05) is 18.1 Å². The first kappa shape index (κ1) is 21.4. The number of H-pyrrole nitrogens is 1. The largest absolute Gasteiger partial charge is 1.00 e. The molecule has 0 radical (unpaired) electrons. The summed E-state index contributed by atoms with van der Waals surface area (Å²) in [6.45, 7) is 4.36. The lowest BCUT2D eigenvalue weighted by molar-refractivity contribution is -0.872. The number of nitrogens with one attached hydrogen (secondary N) is 2. The molecule has 2 aromatic heterocycles. The van der Waals surface area contributed by atoms with Gasteiger partial charge in [-0.3, -0.25) is 4.79 Å². The average molecular weight is 403 g/mol. The quantitative estimate of drug-likeness (QED) is 0.462. The number of aromatic hydroxyl groups is 1. The van der Waals surface area contributed by atoms with E-state index in [1.165, 1.54) is 11.2 Å². The number of hydrogen-bond acceptors (Lipinski definition) is 4. The molecule has 1 aromatic carbocycles. The van der Waals surface area contributed by atoms with Crippen molar-refractivity contribution in [2.45, 2.75) is 20.4 Å². The normalized spacial score (nSPS) is 10.6. The van der Waals surface area contributed by atoms with Crippen LogP contribution < -0.4 is 40.1 Å². The number of phenolic OH excluding ortho intramolecular Hbond substituents is 1. The van der Waals surface area contributed by atoms with Crippen molar-refractivity contribution in [1.82, 2.24) is 0 Å². The molecule has 0 aliphatic rings. The van der Waals surface area contributed by atoms with Crippen molar-refractivity contribution in [3.05, 3.63) is 44.1 Å². The van der Waals surface area contributed by atoms with E-state index >= 15 is 0 Å². The first-order valence-electron chi connectivity index (χ1n) is 7.42. The number of phenols is 1. The van der Waals surface area contributed by atoms with Gasteiger partial charge in [-0.15, -0.1) is 0 Å². The predicted molar refractivity (Wildman–Crippen MR) is 90.0 cm³/mol. The van der Waals surface area contributed by atoms with Gasteiger partial charge >= 0.3 is 0 Å². The summed E-state index contributed by atoms with van der Waals surface area (Å²) in [4.78, 5) is 17.2. The minimum Gasteiger partial charge on any atom is -1.00 e. The molecule has 0 fully saturated rings. The van der Waals surface area contributed by atoms with Crippen LogP contribution >= 0.6 is 11.3 Å². The van der Waals surface area contributed by atoms with Crippen LogP contribution in [0.4, 0.5) is 0 Å². The fourth-order valence-electron chi connectivity index (χ4n) is 2.72. The maximum absolute atomic E-state index is 12.9. The van der Waals surface area contributed by atoms with Crippen LogP contribution in [0.1, 0.15) is 16.1 Å². The molecule has 0 aliphatic carbocycles. The van der Waals surface area contributed by atoms with Crippen LogP contribution in [-0.2, 0) is 6.54 Å². The molecule has 2 heterocycles. The van der Waals surface area contributed by atoms with E-state index in [1.807, 2.05) is 26.4 Å². The lowest BCUT2D eigenvalue weighted by Crippen LogP contribution is -3.04. The molecule has 3 N–H and O–H groups in total. The van der Waals surface area contributed by atoms with Crippen LogP contribution in [0.3, 0.4) is 0 Å². The summed E-state index contributed by atoms with van der Waals surface area (Å²) in [5.41, 5.74) is 2.99. The number of fused-ring (bicyclic) bond motifs is 1. The number of hydrogen-bond donors (Lipinski definition) is 2. The van der Waals surface area contributed by atoms with Gasteiger partial charge in [0.2, 0.25) is 16.1 Å². The summed E-state index contributed by atoms with van der Waals surface area (Å²) in [5.74, 6) is 0.201. The Hall–Kier alpha value is -1.60. The Morgan fingerprint density at radius 3 is 2.52 bits per heavy atom. The predicted octanol–water partition coefficient (Wildman–Crippen LogP) is -4.69. The molecule has 25 heavy (non-hydrogen) atoms. The van der Waals surface area contributed by atoms with E-state index in [-0.39, 0.29) is 36.0 Å². The first-order chi connectivity index (χ1) is 10.9. The number of quaternary nitrogens is 1. The average Bonchev–Trinajstić information content (AvgIpc) is 2.91. The summed E-state index contributed by atoms with van der Waals surface area (Å²) in [6.07, 6.45) is 1.46. The van der Waals surface area contributed by atoms with Gasteiger partial charge in [0.25, 0.3) is 0 Å². The third-order valence-electron chi connectivity index (χ3n) is 3.85. The van der Waals surface area contributed by atoms with Crippen LogP contribution in [-0.4, -0.2) is 19.2 Å². The smallest absolute Gasteiger partial charge is 0.232 e. The SMILES string of the molecule is Cc1[nH+]c(-c2coc3c(C)c(O)c(C[NH+](C)C)cc3c2=O)cs1.[Cl-].[Cl-]. The van der Waals surface area contributed by atoms with Crippen molar-refractivity contribution in [3.8, 4) is 17.0 Å². The molecule has 0 spiro atoms. The highest BCUT2D eigenvalue weighted by Gasteiger charge is 2.20. The third-order valence-corrected chi connectivity index (χ3v) is 4.65. The standard InChI is InChI=1S/C17H18N2O3S.2ClH/c1-9-15(20)11(6-19(3)4)5-12-16(21)13(7-22-17(9)12)14-8-23-10(2)18-14;;/h5,7-8,20H,6H2,1-4H3;2*1H. The van der Waals surface area contributed by atoms with Crippen LogP contribution in [0.2, 0.25) is 0 Å². The molecule has 0 unspecified atom stereocenters. The molecule has 3 aromatic rings. The number of benzene rings is 1. The van der Waals surface area contributed by atoms with Gasteiger partial charge in [-0.05, 0) is 13.0 Å². The number of rotatable bonds is 3. The molecule has 3 rings (SSSR count). The Kier molecular flexibility index (Phi) is 7.02. The van der Waals surface area contributed by atoms with Crippen molar-refractivity contribution in [2.24, 2.45) is 0 Å². The van der Waals surface area contributed by atoms with E-state index in [9.17, 15) is 9.90 Å². The highest BCUT2D eigenvalue weighted by atomic mass is 35.5. The molecule has 5 nitrogen and oxygen atoms in total. The van der Waals surface area contributed by atoms with Gasteiger partial charge in [0.1, 0.15) is 29.7 Å². The van der Waals surface area contributed by atoms with Crippen molar-refractivity contribution in [3.63, 3.8) is 0 Å². The molecule has 0 saturated heterocycles. The minimum absolute atomic E-state index is 0. The number of aromatic amines is 1. The fourth-order valence-corrected chi connectivity index (χ4v) is 3.37. The Morgan fingerprint density at radius 2 is 1.96 bits per heavy atom. The summed E-state index contributed by atoms with van der Waals surface area (Å²) < 4.78 is 5.68. The van der Waals surface area contributed by atoms with E-state index in [0.717, 1.165) is 16.3 Å². The Morgan fingerprint density at radius 1 is 1.28 bits per heavy atom. The van der Waals surface area contributed by atoms with Crippen molar-refractivity contribution >= 4 is 22.3 Å². The van der Waals surface area contributed by atoms with Gasteiger partial charge in [-0.2, -0.15) is 4.98 Å². The summed E-state index contributed by atoms with van der Waals surface area (Å²) >= 11 is 1.55. The second kappa shape index (κ2) is 8.19. The lowest BCUT2D eigenvalue weighted by atomic mass is 10.0. The number of halogens is 2. The first-order valence-corrected chi connectivity index (χ1v) is 8.30. The van der Waals surface area contributed by atoms with Gasteiger partial charge in [-0.25, -0.2) is 0 Å². The number of thiazole rings is 1. The fraction of sp³-hybridized carbons (Fsp3) is 0.294. The second-order valence-corrected chi connectivity index (χ2v) is 7.16. The third kappa shape index (κ3) is 3.98. The molecular formula is C17H20Cl2N2O3S. The maximum atomic E-state index is 12.9. The van der Waals surface area contributed by atoms with Crippen LogP contribution in [0.5, 0.6) is 5.75 Å². The van der Waals surface area contributed by atoms with Crippen LogP contribution in [0.25, 0.3) is 22.2 Å². The highest BCUT2D eigenvalue weighted by Crippen LogP contribution is 2.30. The van der Waals surface area contributed by atoms with Gasteiger partial charge in [-0.1, -0.05) is 11.3 Å². The minimum atomic E-state index is -0.0848. The number of aryl methyl sites for hydroxylation is 2. The van der Waals surface area contributed by atoms with Crippen molar-refractivity contribution in [2.75, 3.05) is 14.1 Å². The molecule has 0 amide bonds. The molecule has 0 atom stereocenters. The van der Waals surface area contributed by atoms with Crippen molar-refractivity contribution in [1.29, 1.82) is 0 Å². The molecule has 136 valence electrons. The Bertz CT molecular complexity index is 951. The molecular weight excluding hydrogens is 383 g/mol. The maximum Gasteiger partial charge on any atom is 0.232 e. The second-order valence-electron chi connectivity index (χ2n) is 6.08. The van der Waals surface area contributed by atoms with E-state index in [0.29, 0.717) is 28.6 Å². The van der Waals surface area contributed by atoms with Gasteiger partial charge in [0.05, 0.1) is 24.9 Å². The zero-order chi connectivity index (χ0) is 16.7. The Balaban J connectivity index is 0.00000156. The summed E-state index contributed by atoms with van der Waals surface area (Å²) in [7, 11) is 4.00. The molecule has 0 bridgehead atoms. The highest BCUT2D eigenvalue weighted by molar-refractivity contribution is 7.09. The molecule has 0 saturated carbocycles. The van der Waals surface area contributed by atoms with Crippen LogP contribution in [0, 0.1) is 13.8 Å². The monoisotopic (exact) mass is 402 g/mol. The topological polar surface area (TPSA) is 69.0 Å². The van der Waals surface area contributed by atoms with Crippen molar-refractivity contribution < 1.29 is 44.2 Å². The zero-order valence-electron chi connectivity index (χ0n) is 14.4. The summed E-state index contributed by atoms with van der Waals surface area (Å²) in [6, 6.07) is 1.75. The number of aromatic nitrogens is 1. The van der Waals surface area contributed by atoms with Gasteiger partial charge in [0.15, 0.2) is 0 Å². The summed E-state index contributed by atoms with van der Waals surface area (Å²) in [5, 5.41) is 13.8. The van der Waals surface area contributed by atoms with Gasteiger partial charge < -0.3 is 39.2 Å². The van der Waals surface area contributed by atoms with E-state index in [2.05, 4.69) is 4.98 Å². The molecule has 8 heteroatoms. The van der Waals surface area contributed by atoms with E-state index in [1.54, 1.807) is 24.3 Å². The molecule has 0 aliphatic heterocycles. The van der Waals surface area contributed by atoms with E-state index in [4.69, 9.17) is 4.42 Å². The zero-order valence-corrected chi connectivity index (χ0v) is 16.7. The lowest BCUT2D eigenvalue weighted by Gasteiger charge is -2.12. The van der Waals surface area contributed by atoms with E-state index < -0.39 is 0 Å². The Labute approximate surface area is 162 Å².